The van der Waals surface area contributed by atoms with Crippen LogP contribution in [0.4, 0.5) is 5.69 Å². The average Bonchev–Trinajstić information content (AvgIpc) is 2.68. The second-order valence-electron chi connectivity index (χ2n) is 6.39. The minimum Gasteiger partial charge on any atom is -0.490 e. The highest BCUT2D eigenvalue weighted by Gasteiger charge is 2.16. The molecule has 0 atom stereocenters. The number of hydrogen-bond acceptors (Lipinski definition) is 5. The number of aryl methyl sites for hydroxylation is 2. The van der Waals surface area contributed by atoms with Gasteiger partial charge in [0.2, 0.25) is 0 Å². The number of carbonyl (C=O) groups is 2. The number of nitriles is 1. The molecule has 0 fully saturated rings. The van der Waals surface area contributed by atoms with Crippen molar-refractivity contribution < 1.29 is 24.2 Å². The quantitative estimate of drug-likeness (QED) is 0.433. The molecule has 2 N–H and O–H groups in total. The largest absolute Gasteiger partial charge is 0.490 e. The summed E-state index contributed by atoms with van der Waals surface area (Å²) in [5.74, 6) is -1.13. The van der Waals surface area contributed by atoms with Crippen molar-refractivity contribution in [1.29, 1.82) is 5.26 Å². The van der Waals surface area contributed by atoms with E-state index in [9.17, 15) is 14.9 Å². The molecule has 0 bridgehead atoms. The molecule has 0 aliphatic carbocycles. The molecular weight excluding hydrogens is 452 g/mol. The Labute approximate surface area is 183 Å². The number of benzene rings is 2. The van der Waals surface area contributed by atoms with E-state index in [1.54, 1.807) is 19.1 Å². The fraction of sp³-hybridized carbons (Fsp3) is 0.227. The summed E-state index contributed by atoms with van der Waals surface area (Å²) in [5.41, 5.74) is 2.92. The summed E-state index contributed by atoms with van der Waals surface area (Å²) in [5, 5.41) is 21.1. The molecule has 0 aromatic heterocycles. The van der Waals surface area contributed by atoms with Crippen LogP contribution in [0.2, 0.25) is 0 Å². The predicted octanol–water partition coefficient (Wildman–Crippen LogP) is 4.47. The summed E-state index contributed by atoms with van der Waals surface area (Å²) in [6.45, 7) is 5.34. The zero-order chi connectivity index (χ0) is 22.3. The van der Waals surface area contributed by atoms with E-state index in [0.29, 0.717) is 28.1 Å². The van der Waals surface area contributed by atoms with Crippen LogP contribution in [0.3, 0.4) is 0 Å². The number of amides is 1. The van der Waals surface area contributed by atoms with Gasteiger partial charge in [-0.2, -0.15) is 5.26 Å². The third kappa shape index (κ3) is 6.09. The Kier molecular flexibility index (Phi) is 8.01. The Balaban J connectivity index is 2.36. The normalized spacial score (nSPS) is 10.8. The van der Waals surface area contributed by atoms with E-state index in [0.717, 1.165) is 11.1 Å². The number of nitrogens with zero attached hydrogens (tertiary/aromatic N) is 1. The third-order valence-electron chi connectivity index (χ3n) is 3.99. The Hall–Kier alpha value is -3.31. The van der Waals surface area contributed by atoms with Crippen LogP contribution in [0.15, 0.2) is 40.4 Å². The van der Waals surface area contributed by atoms with Gasteiger partial charge in [0.05, 0.1) is 11.1 Å². The number of carbonyl (C=O) groups excluding carboxylic acids is 1. The van der Waals surface area contributed by atoms with Crippen molar-refractivity contribution in [3.63, 3.8) is 0 Å². The van der Waals surface area contributed by atoms with E-state index < -0.39 is 18.5 Å². The molecule has 0 heterocycles. The van der Waals surface area contributed by atoms with Crippen LogP contribution in [0.1, 0.15) is 23.6 Å². The minimum atomic E-state index is -1.12. The molecule has 156 valence electrons. The first-order valence-corrected chi connectivity index (χ1v) is 9.85. The maximum absolute atomic E-state index is 12.6. The van der Waals surface area contributed by atoms with Crippen LogP contribution in [-0.2, 0) is 9.59 Å². The standard InChI is InChI=1S/C22H21BrN2O5/c1-4-29-19-10-15(9-17(23)21(19)30-12-20(26)27)8-16(11-24)22(28)25-18-7-13(2)5-6-14(18)3/h5-10H,4,12H2,1-3H3,(H,25,28)(H,26,27)/b16-8+. The van der Waals surface area contributed by atoms with Crippen molar-refractivity contribution in [2.75, 3.05) is 18.5 Å². The molecule has 0 aliphatic rings. The van der Waals surface area contributed by atoms with Crippen LogP contribution in [0, 0.1) is 25.2 Å². The van der Waals surface area contributed by atoms with E-state index in [1.165, 1.54) is 6.08 Å². The lowest BCUT2D eigenvalue weighted by Crippen LogP contribution is -2.14. The summed E-state index contributed by atoms with van der Waals surface area (Å²) in [7, 11) is 0. The first-order chi connectivity index (χ1) is 14.2. The molecule has 0 aliphatic heterocycles. The van der Waals surface area contributed by atoms with Gasteiger partial charge < -0.3 is 19.9 Å². The van der Waals surface area contributed by atoms with Gasteiger partial charge in [0.15, 0.2) is 18.1 Å². The molecule has 2 rings (SSSR count). The Morgan fingerprint density at radius 3 is 2.60 bits per heavy atom. The van der Waals surface area contributed by atoms with Gasteiger partial charge in [-0.1, -0.05) is 12.1 Å². The highest BCUT2D eigenvalue weighted by atomic mass is 79.9. The van der Waals surface area contributed by atoms with Crippen LogP contribution in [-0.4, -0.2) is 30.2 Å². The predicted molar refractivity (Wildman–Crippen MR) is 117 cm³/mol. The first-order valence-electron chi connectivity index (χ1n) is 9.06. The van der Waals surface area contributed by atoms with E-state index in [4.69, 9.17) is 14.6 Å². The van der Waals surface area contributed by atoms with E-state index in [-0.39, 0.29) is 11.3 Å². The number of carboxylic acid groups (broad SMARTS) is 1. The fourth-order valence-corrected chi connectivity index (χ4v) is 3.16. The number of rotatable bonds is 8. The van der Waals surface area contributed by atoms with Gasteiger partial charge >= 0.3 is 5.97 Å². The molecule has 30 heavy (non-hydrogen) atoms. The van der Waals surface area contributed by atoms with Gasteiger partial charge in [0, 0.05) is 5.69 Å². The zero-order valence-corrected chi connectivity index (χ0v) is 18.4. The number of anilines is 1. The first kappa shape index (κ1) is 23.0. The monoisotopic (exact) mass is 472 g/mol. The second kappa shape index (κ2) is 10.5. The third-order valence-corrected chi connectivity index (χ3v) is 4.58. The van der Waals surface area contributed by atoms with Gasteiger partial charge in [-0.15, -0.1) is 0 Å². The number of aliphatic carboxylic acids is 1. The number of hydrogen-bond donors (Lipinski definition) is 2. The van der Waals surface area contributed by atoms with Crippen LogP contribution in [0.5, 0.6) is 11.5 Å². The maximum atomic E-state index is 12.6. The zero-order valence-electron chi connectivity index (χ0n) is 16.8. The average molecular weight is 473 g/mol. The van der Waals surface area contributed by atoms with Crippen molar-refractivity contribution in [2.24, 2.45) is 0 Å². The van der Waals surface area contributed by atoms with E-state index in [1.807, 2.05) is 38.1 Å². The molecule has 0 radical (unpaired) electrons. The summed E-state index contributed by atoms with van der Waals surface area (Å²) in [6.07, 6.45) is 1.43. The Morgan fingerprint density at radius 2 is 1.97 bits per heavy atom. The SMILES string of the molecule is CCOc1cc(/C=C(\C#N)C(=O)Nc2cc(C)ccc2C)cc(Br)c1OCC(=O)O. The topological polar surface area (TPSA) is 109 Å². The lowest BCUT2D eigenvalue weighted by atomic mass is 10.1. The number of halogens is 1. The second-order valence-corrected chi connectivity index (χ2v) is 7.24. The smallest absolute Gasteiger partial charge is 0.341 e. The highest BCUT2D eigenvalue weighted by Crippen LogP contribution is 2.37. The number of nitrogens with one attached hydrogen (secondary N) is 1. The Bertz CT molecular complexity index is 1040. The summed E-state index contributed by atoms with van der Waals surface area (Å²) in [6, 6.07) is 10.8. The highest BCUT2D eigenvalue weighted by molar-refractivity contribution is 9.10. The van der Waals surface area contributed by atoms with Crippen LogP contribution >= 0.6 is 15.9 Å². The van der Waals surface area contributed by atoms with Crippen LogP contribution in [0.25, 0.3) is 6.08 Å². The fourth-order valence-electron chi connectivity index (χ4n) is 2.58. The molecule has 0 spiro atoms. The van der Waals surface area contributed by atoms with Gasteiger partial charge in [-0.3, -0.25) is 4.79 Å². The van der Waals surface area contributed by atoms with Gasteiger partial charge in [-0.25, -0.2) is 4.79 Å². The van der Waals surface area contributed by atoms with Gasteiger partial charge in [0.25, 0.3) is 5.91 Å². The van der Waals surface area contributed by atoms with Crippen LogP contribution < -0.4 is 14.8 Å². The molecule has 2 aromatic rings. The number of ether oxygens (including phenoxy) is 2. The Morgan fingerprint density at radius 1 is 1.23 bits per heavy atom. The van der Waals surface area contributed by atoms with Gasteiger partial charge in [0.1, 0.15) is 11.6 Å². The molecule has 0 saturated heterocycles. The van der Waals surface area contributed by atoms with Crippen molar-refractivity contribution in [3.8, 4) is 17.6 Å². The van der Waals surface area contributed by atoms with Crippen molar-refractivity contribution in [1.82, 2.24) is 0 Å². The van der Waals surface area contributed by atoms with Crippen molar-refractivity contribution in [3.05, 3.63) is 57.1 Å². The number of carboxylic acids is 1. The van der Waals surface area contributed by atoms with E-state index in [2.05, 4.69) is 21.2 Å². The van der Waals surface area contributed by atoms with Crippen molar-refractivity contribution >= 4 is 39.6 Å². The molecule has 7 nitrogen and oxygen atoms in total. The van der Waals surface area contributed by atoms with Crippen molar-refractivity contribution in [2.45, 2.75) is 20.8 Å². The minimum absolute atomic E-state index is 0.0931. The van der Waals surface area contributed by atoms with E-state index >= 15 is 0 Å². The molecule has 1 amide bonds. The summed E-state index contributed by atoms with van der Waals surface area (Å²) in [4.78, 5) is 23.4. The molecular formula is C22H21BrN2O5. The lowest BCUT2D eigenvalue weighted by Gasteiger charge is -2.14. The maximum Gasteiger partial charge on any atom is 0.341 e. The summed E-state index contributed by atoms with van der Waals surface area (Å²) < 4.78 is 11.3. The molecule has 0 unspecified atom stereocenters. The van der Waals surface area contributed by atoms with Gasteiger partial charge in [-0.05, 0) is 77.7 Å². The molecule has 8 heteroatoms. The molecule has 2 aromatic carbocycles. The summed E-state index contributed by atoms with van der Waals surface area (Å²) >= 11 is 3.33. The molecule has 0 saturated carbocycles. The lowest BCUT2D eigenvalue weighted by molar-refractivity contribution is -0.139.